The van der Waals surface area contributed by atoms with Crippen LogP contribution in [-0.4, -0.2) is 65.8 Å². The fraction of sp³-hybridized carbons (Fsp3) is 0.500. The molecular formula is C40H51NO7. The number of hydrogen-bond acceptors (Lipinski definition) is 7. The largest absolute Gasteiger partial charge is 0.493 e. The third-order valence-electron chi connectivity index (χ3n) is 10.8. The summed E-state index contributed by atoms with van der Waals surface area (Å²) in [5, 5.41) is 23.6. The summed E-state index contributed by atoms with van der Waals surface area (Å²) in [6.07, 6.45) is 8.57. The van der Waals surface area contributed by atoms with E-state index in [4.69, 9.17) is 13.9 Å². The molecule has 0 radical (unpaired) electrons. The topological polar surface area (TPSA) is 109 Å². The van der Waals surface area contributed by atoms with Crippen LogP contribution in [0.15, 0.2) is 70.9 Å². The van der Waals surface area contributed by atoms with Gasteiger partial charge in [-0.3, -0.25) is 9.59 Å². The number of benzene rings is 2. The van der Waals surface area contributed by atoms with Crippen molar-refractivity contribution in [2.24, 2.45) is 5.41 Å². The molecule has 1 heterocycles. The van der Waals surface area contributed by atoms with E-state index >= 15 is 0 Å². The number of furan rings is 1. The third-order valence-corrected chi connectivity index (χ3v) is 10.8. The monoisotopic (exact) mass is 657 g/mol. The molecule has 0 aliphatic heterocycles. The number of amides is 1. The molecule has 1 fully saturated rings. The maximum Gasteiger partial charge on any atom is 0.228 e. The van der Waals surface area contributed by atoms with E-state index in [0.717, 1.165) is 36.0 Å². The maximum absolute atomic E-state index is 13.9. The lowest BCUT2D eigenvalue weighted by atomic mass is 9.64. The lowest BCUT2D eigenvalue weighted by molar-refractivity contribution is -0.139. The Hall–Kier alpha value is -3.88. The Morgan fingerprint density at radius 1 is 1.04 bits per heavy atom. The molecule has 0 spiro atoms. The van der Waals surface area contributed by atoms with Crippen LogP contribution in [0.4, 0.5) is 0 Å². The van der Waals surface area contributed by atoms with E-state index in [2.05, 4.69) is 19.9 Å². The normalized spacial score (nSPS) is 24.4. The second kappa shape index (κ2) is 15.1. The summed E-state index contributed by atoms with van der Waals surface area (Å²) >= 11 is 0. The first kappa shape index (κ1) is 35.4. The molecule has 4 atom stereocenters. The van der Waals surface area contributed by atoms with Gasteiger partial charge in [0.1, 0.15) is 0 Å². The predicted octanol–water partition coefficient (Wildman–Crippen LogP) is 7.05. The van der Waals surface area contributed by atoms with Crippen molar-refractivity contribution in [3.63, 3.8) is 0 Å². The van der Waals surface area contributed by atoms with Crippen LogP contribution in [0.1, 0.15) is 104 Å². The minimum Gasteiger partial charge on any atom is -0.493 e. The zero-order valence-corrected chi connectivity index (χ0v) is 29.1. The molecular weight excluding hydrogens is 606 g/mol. The van der Waals surface area contributed by atoms with Gasteiger partial charge < -0.3 is 29.0 Å². The highest BCUT2D eigenvalue weighted by molar-refractivity contribution is 6.08. The number of carbonyl (C=O) groups excluding carboxylic acids is 2. The molecule has 258 valence electrons. The van der Waals surface area contributed by atoms with Crippen LogP contribution < -0.4 is 9.47 Å². The van der Waals surface area contributed by atoms with E-state index in [1.807, 2.05) is 42.2 Å². The molecule has 1 aromatic heterocycles. The minimum atomic E-state index is -1.20. The number of carbonyl (C=O) groups is 2. The quantitative estimate of drug-likeness (QED) is 0.178. The van der Waals surface area contributed by atoms with Gasteiger partial charge in [0.05, 0.1) is 38.6 Å². The highest BCUT2D eigenvalue weighted by Crippen LogP contribution is 2.59. The van der Waals surface area contributed by atoms with Crippen LogP contribution >= 0.6 is 0 Å². The van der Waals surface area contributed by atoms with Crippen LogP contribution in [0, 0.1) is 5.41 Å². The van der Waals surface area contributed by atoms with Gasteiger partial charge >= 0.3 is 0 Å². The van der Waals surface area contributed by atoms with E-state index in [1.54, 1.807) is 32.4 Å². The Kier molecular flexibility index (Phi) is 11.2. The number of ether oxygens (including phenoxy) is 2. The zero-order chi connectivity index (χ0) is 34.5. The van der Waals surface area contributed by atoms with Gasteiger partial charge in [0.15, 0.2) is 17.3 Å². The average molecular weight is 658 g/mol. The van der Waals surface area contributed by atoms with E-state index in [9.17, 15) is 19.8 Å². The molecule has 3 aromatic rings. The smallest absolute Gasteiger partial charge is 0.228 e. The van der Waals surface area contributed by atoms with Crippen LogP contribution in [0.3, 0.4) is 0 Å². The van der Waals surface area contributed by atoms with E-state index in [1.165, 1.54) is 11.8 Å². The van der Waals surface area contributed by atoms with Crippen LogP contribution in [0.2, 0.25) is 0 Å². The zero-order valence-electron chi connectivity index (χ0n) is 29.1. The van der Waals surface area contributed by atoms with E-state index < -0.39 is 17.1 Å². The number of fused-ring (bicyclic) bond motifs is 8. The van der Waals surface area contributed by atoms with Gasteiger partial charge in [0.2, 0.25) is 11.7 Å². The van der Waals surface area contributed by atoms with Gasteiger partial charge in [-0.05, 0) is 111 Å². The Bertz CT molecular complexity index is 1610. The SMILES string of the molecule is CCCN(C[C@]1(O)CC[C@H]2c3ccc(cc3C(=O)c3ccco3)C[C@@H](O)CCC(C)=CCC[C@@]21C)C(=O)Cc1ccc(OC)c(OC)c1. The number of aliphatic hydroxyl groups excluding tert-OH is 1. The Balaban J connectivity index is 1.52. The molecule has 2 aromatic carbocycles. The van der Waals surface area contributed by atoms with Crippen molar-refractivity contribution in [2.45, 2.75) is 96.2 Å². The standard InChI is InChI=1S/C40H51NO7/c1-6-20-41(37(43)25-29-13-16-34(46-4)36(24-29)47-5)26-40(45)19-17-33-31-15-12-28(23-32(31)38(44)35-10-8-21-48-35)22-30(42)14-11-27(2)9-7-18-39(33,40)3/h8-10,12-13,15-16,21,23-24,30,33,42,45H,6-7,11,14,17-20,22,25-26H2,1-5H3/t30-,33-,39-,40+/m0/s1. The number of methoxy groups -OCH3 is 2. The second-order valence-corrected chi connectivity index (χ2v) is 13.9. The molecule has 0 saturated heterocycles. The van der Waals surface area contributed by atoms with Crippen molar-refractivity contribution < 1.29 is 33.7 Å². The minimum absolute atomic E-state index is 0.0576. The van der Waals surface area contributed by atoms with Gasteiger partial charge in [-0.1, -0.05) is 43.7 Å². The van der Waals surface area contributed by atoms with E-state index in [-0.39, 0.29) is 36.3 Å². The molecule has 8 heteroatoms. The predicted molar refractivity (Wildman–Crippen MR) is 186 cm³/mol. The summed E-state index contributed by atoms with van der Waals surface area (Å²) in [6, 6.07) is 14.8. The first-order valence-electron chi connectivity index (χ1n) is 17.3. The molecule has 48 heavy (non-hydrogen) atoms. The number of rotatable bonds is 10. The summed E-state index contributed by atoms with van der Waals surface area (Å²) in [4.78, 5) is 29.7. The van der Waals surface area contributed by atoms with Gasteiger partial charge in [-0.15, -0.1) is 0 Å². The highest BCUT2D eigenvalue weighted by atomic mass is 16.5. The fourth-order valence-electron chi connectivity index (χ4n) is 7.89. The number of allylic oxidation sites excluding steroid dienone is 2. The molecule has 2 N–H and O–H groups in total. The van der Waals surface area contributed by atoms with E-state index in [0.29, 0.717) is 55.7 Å². The molecule has 0 unspecified atom stereocenters. The van der Waals surface area contributed by atoms with Gasteiger partial charge in [-0.25, -0.2) is 0 Å². The van der Waals surface area contributed by atoms with Crippen molar-refractivity contribution in [1.29, 1.82) is 0 Å². The third kappa shape index (κ3) is 7.40. The lowest BCUT2D eigenvalue weighted by Gasteiger charge is -2.46. The highest BCUT2D eigenvalue weighted by Gasteiger charge is 2.57. The van der Waals surface area contributed by atoms with Crippen molar-refractivity contribution in [3.8, 4) is 11.5 Å². The van der Waals surface area contributed by atoms with Gasteiger partial charge in [0, 0.05) is 24.1 Å². The number of nitrogens with zero attached hydrogens (tertiary/aromatic N) is 1. The first-order valence-corrected chi connectivity index (χ1v) is 17.3. The first-order chi connectivity index (χ1) is 23.0. The molecule has 1 amide bonds. The fourth-order valence-corrected chi connectivity index (χ4v) is 7.89. The molecule has 8 nitrogen and oxygen atoms in total. The van der Waals surface area contributed by atoms with Crippen molar-refractivity contribution >= 4 is 11.7 Å². The van der Waals surface area contributed by atoms with Crippen molar-refractivity contribution in [3.05, 3.63) is 94.5 Å². The Morgan fingerprint density at radius 2 is 1.83 bits per heavy atom. The molecule has 3 aliphatic carbocycles. The summed E-state index contributed by atoms with van der Waals surface area (Å²) < 4.78 is 16.4. The van der Waals surface area contributed by atoms with Gasteiger partial charge in [-0.2, -0.15) is 0 Å². The van der Waals surface area contributed by atoms with Crippen molar-refractivity contribution in [2.75, 3.05) is 27.3 Å². The summed E-state index contributed by atoms with van der Waals surface area (Å²) in [5.41, 5.74) is 2.50. The number of ketones is 1. The average Bonchev–Trinajstić information content (AvgIpc) is 3.70. The Morgan fingerprint density at radius 3 is 2.54 bits per heavy atom. The van der Waals surface area contributed by atoms with Crippen LogP contribution in [0.25, 0.3) is 0 Å². The van der Waals surface area contributed by atoms with Gasteiger partial charge in [0.25, 0.3) is 0 Å². The van der Waals surface area contributed by atoms with Crippen LogP contribution in [-0.2, 0) is 17.6 Å². The maximum atomic E-state index is 13.9. The number of aliphatic hydroxyl groups is 2. The summed E-state index contributed by atoms with van der Waals surface area (Å²) in [5.74, 6) is 1.03. The van der Waals surface area contributed by atoms with Crippen molar-refractivity contribution in [1.82, 2.24) is 4.90 Å². The molecule has 1 saturated carbocycles. The molecule has 3 aliphatic rings. The summed E-state index contributed by atoms with van der Waals surface area (Å²) in [7, 11) is 3.16. The lowest BCUT2D eigenvalue weighted by Crippen LogP contribution is -2.54. The van der Waals surface area contributed by atoms with Crippen LogP contribution in [0.5, 0.6) is 11.5 Å². The second-order valence-electron chi connectivity index (χ2n) is 13.9. The molecule has 6 rings (SSSR count). The Labute approximate surface area is 284 Å². The summed E-state index contributed by atoms with van der Waals surface area (Å²) in [6.45, 7) is 7.01. The number of hydrogen-bond donors (Lipinski definition) is 2. The molecule has 2 bridgehead atoms.